The summed E-state index contributed by atoms with van der Waals surface area (Å²) in [5.74, 6) is 0.866. The van der Waals surface area contributed by atoms with Crippen molar-refractivity contribution in [3.05, 3.63) is 29.8 Å². The highest BCUT2D eigenvalue weighted by molar-refractivity contribution is 5.33. The van der Waals surface area contributed by atoms with Gasteiger partial charge in [0.2, 0.25) is 0 Å². The molecule has 2 fully saturated rings. The van der Waals surface area contributed by atoms with Crippen LogP contribution in [-0.4, -0.2) is 19.2 Å². The number of nitrogens with one attached hydrogen (secondary N) is 1. The molecule has 2 unspecified atom stereocenters. The summed E-state index contributed by atoms with van der Waals surface area (Å²) < 4.78 is 20.9. The van der Waals surface area contributed by atoms with E-state index in [0.29, 0.717) is 6.10 Å². The van der Waals surface area contributed by atoms with Crippen LogP contribution in [0.25, 0.3) is 0 Å². The number of rotatable bonds is 4. The molecule has 19 heavy (non-hydrogen) atoms. The van der Waals surface area contributed by atoms with E-state index in [1.54, 1.807) is 6.92 Å². The second-order valence-corrected chi connectivity index (χ2v) is 5.96. The van der Waals surface area contributed by atoms with Crippen LogP contribution >= 0.6 is 0 Å². The maximum Gasteiger partial charge on any atom is 0.137 e. The average Bonchev–Trinajstić information content (AvgIpc) is 3.24. The van der Waals surface area contributed by atoms with Crippen molar-refractivity contribution in [2.24, 2.45) is 5.92 Å². The second-order valence-electron chi connectivity index (χ2n) is 5.96. The molecule has 1 aliphatic heterocycles. The molecule has 104 valence electrons. The molecule has 1 N–H and O–H groups in total. The van der Waals surface area contributed by atoms with Crippen molar-refractivity contribution in [1.82, 2.24) is 5.32 Å². The van der Waals surface area contributed by atoms with Gasteiger partial charge in [-0.15, -0.1) is 0 Å². The van der Waals surface area contributed by atoms with Gasteiger partial charge in [0.25, 0.3) is 0 Å². The molecule has 0 radical (unpaired) electrons. The van der Waals surface area contributed by atoms with Crippen molar-refractivity contribution >= 4 is 0 Å². The van der Waals surface area contributed by atoms with Crippen molar-refractivity contribution in [2.75, 3.05) is 13.1 Å². The topological polar surface area (TPSA) is 21.3 Å². The summed E-state index contributed by atoms with van der Waals surface area (Å²) in [6.07, 6.45) is 4.63. The first kappa shape index (κ1) is 12.9. The Kier molecular flexibility index (Phi) is 3.48. The molecule has 0 spiro atoms. The molecule has 1 heterocycles. The van der Waals surface area contributed by atoms with E-state index in [2.05, 4.69) is 5.32 Å². The summed E-state index contributed by atoms with van der Waals surface area (Å²) >= 11 is 0. The molecular weight excluding hydrogens is 241 g/mol. The van der Waals surface area contributed by atoms with Gasteiger partial charge in [0.05, 0.1) is 6.10 Å². The number of ether oxygens (including phenoxy) is 1. The number of benzene rings is 1. The van der Waals surface area contributed by atoms with Crippen LogP contribution in [0.15, 0.2) is 24.3 Å². The first-order chi connectivity index (χ1) is 9.16. The molecule has 3 heteroatoms. The maximum absolute atomic E-state index is 15.1. The Bertz CT molecular complexity index is 436. The summed E-state index contributed by atoms with van der Waals surface area (Å²) in [6.45, 7) is 3.49. The molecule has 1 aromatic carbocycles. The minimum atomic E-state index is -1.28. The lowest BCUT2D eigenvalue weighted by Gasteiger charge is -2.34. The Morgan fingerprint density at radius 3 is 2.84 bits per heavy atom. The normalized spacial score (nSPS) is 26.7. The molecule has 1 aromatic rings. The standard InChI is InChI=1S/C16H22FNO/c1-16(17,13-5-3-9-18-11-13)12-4-2-6-15(10-12)19-14-7-8-14/h2,4,6,10,13-14,18H,3,5,7-9,11H2,1H3. The monoisotopic (exact) mass is 263 g/mol. The number of piperidine rings is 1. The number of alkyl halides is 1. The van der Waals surface area contributed by atoms with Crippen LogP contribution < -0.4 is 10.1 Å². The van der Waals surface area contributed by atoms with Crippen LogP contribution in [0.4, 0.5) is 4.39 Å². The summed E-state index contributed by atoms with van der Waals surface area (Å²) in [5, 5.41) is 3.30. The van der Waals surface area contributed by atoms with Gasteiger partial charge in [-0.2, -0.15) is 0 Å². The molecule has 2 aliphatic rings. The molecule has 0 amide bonds. The highest BCUT2D eigenvalue weighted by Crippen LogP contribution is 2.39. The lowest BCUT2D eigenvalue weighted by molar-refractivity contribution is 0.0808. The van der Waals surface area contributed by atoms with E-state index in [9.17, 15) is 0 Å². The van der Waals surface area contributed by atoms with Gasteiger partial charge in [0.1, 0.15) is 11.4 Å². The van der Waals surface area contributed by atoms with Gasteiger partial charge in [0.15, 0.2) is 0 Å². The zero-order chi connectivity index (χ0) is 13.3. The van der Waals surface area contributed by atoms with Gasteiger partial charge in [0, 0.05) is 12.5 Å². The second kappa shape index (κ2) is 5.12. The SMILES string of the molecule is CC(F)(c1cccc(OC2CC2)c1)C1CCCNC1. The Labute approximate surface area is 114 Å². The predicted molar refractivity (Wildman–Crippen MR) is 74.1 cm³/mol. The maximum atomic E-state index is 15.1. The molecule has 0 bridgehead atoms. The van der Waals surface area contributed by atoms with Gasteiger partial charge >= 0.3 is 0 Å². The smallest absolute Gasteiger partial charge is 0.137 e. The van der Waals surface area contributed by atoms with Crippen LogP contribution in [0.3, 0.4) is 0 Å². The molecule has 1 saturated carbocycles. The van der Waals surface area contributed by atoms with E-state index in [0.717, 1.165) is 50.1 Å². The molecule has 2 atom stereocenters. The minimum absolute atomic E-state index is 0.0532. The lowest BCUT2D eigenvalue weighted by Crippen LogP contribution is -2.39. The molecule has 1 saturated heterocycles. The summed E-state index contributed by atoms with van der Waals surface area (Å²) in [5.41, 5.74) is -0.532. The van der Waals surface area contributed by atoms with E-state index in [4.69, 9.17) is 4.74 Å². The van der Waals surface area contributed by atoms with Crippen molar-refractivity contribution in [3.63, 3.8) is 0 Å². The van der Waals surface area contributed by atoms with Gasteiger partial charge in [-0.3, -0.25) is 0 Å². The van der Waals surface area contributed by atoms with Crippen LogP contribution in [0.2, 0.25) is 0 Å². The van der Waals surface area contributed by atoms with Gasteiger partial charge < -0.3 is 10.1 Å². The van der Waals surface area contributed by atoms with E-state index in [-0.39, 0.29) is 5.92 Å². The Morgan fingerprint density at radius 2 is 2.16 bits per heavy atom. The first-order valence-electron chi connectivity index (χ1n) is 7.33. The molecule has 1 aliphatic carbocycles. The quantitative estimate of drug-likeness (QED) is 0.899. The highest BCUT2D eigenvalue weighted by Gasteiger charge is 2.37. The van der Waals surface area contributed by atoms with Gasteiger partial charge in [-0.1, -0.05) is 12.1 Å². The summed E-state index contributed by atoms with van der Waals surface area (Å²) in [4.78, 5) is 0. The molecule has 3 rings (SSSR count). The van der Waals surface area contributed by atoms with Crippen molar-refractivity contribution in [3.8, 4) is 5.75 Å². The highest BCUT2D eigenvalue weighted by atomic mass is 19.1. The Morgan fingerprint density at radius 1 is 1.32 bits per heavy atom. The van der Waals surface area contributed by atoms with Crippen LogP contribution in [0, 0.1) is 5.92 Å². The largest absolute Gasteiger partial charge is 0.490 e. The Balaban J connectivity index is 1.78. The van der Waals surface area contributed by atoms with E-state index in [1.807, 2.05) is 24.3 Å². The van der Waals surface area contributed by atoms with E-state index >= 15 is 4.39 Å². The first-order valence-corrected chi connectivity index (χ1v) is 7.33. The minimum Gasteiger partial charge on any atom is -0.490 e. The van der Waals surface area contributed by atoms with Crippen LogP contribution in [0.1, 0.15) is 38.2 Å². The van der Waals surface area contributed by atoms with Gasteiger partial charge in [-0.25, -0.2) is 4.39 Å². The van der Waals surface area contributed by atoms with Crippen molar-refractivity contribution < 1.29 is 9.13 Å². The molecular formula is C16H22FNO. The van der Waals surface area contributed by atoms with Crippen LogP contribution in [0.5, 0.6) is 5.75 Å². The average molecular weight is 263 g/mol. The number of hydrogen-bond donors (Lipinski definition) is 1. The van der Waals surface area contributed by atoms with E-state index < -0.39 is 5.67 Å². The third kappa shape index (κ3) is 2.92. The fraction of sp³-hybridized carbons (Fsp3) is 0.625. The third-order valence-electron chi connectivity index (χ3n) is 4.29. The fourth-order valence-electron chi connectivity index (χ4n) is 2.80. The lowest BCUT2D eigenvalue weighted by atomic mass is 9.80. The molecule has 2 nitrogen and oxygen atoms in total. The zero-order valence-corrected chi connectivity index (χ0v) is 11.5. The number of halogens is 1. The molecule has 0 aromatic heterocycles. The summed E-state index contributed by atoms with van der Waals surface area (Å²) in [6, 6.07) is 7.60. The third-order valence-corrected chi connectivity index (χ3v) is 4.29. The van der Waals surface area contributed by atoms with Crippen molar-refractivity contribution in [1.29, 1.82) is 0 Å². The van der Waals surface area contributed by atoms with Crippen LogP contribution in [-0.2, 0) is 5.67 Å². The summed E-state index contributed by atoms with van der Waals surface area (Å²) in [7, 11) is 0. The fourth-order valence-corrected chi connectivity index (χ4v) is 2.80. The predicted octanol–water partition coefficient (Wildman–Crippen LogP) is 3.41. The van der Waals surface area contributed by atoms with Crippen molar-refractivity contribution in [2.45, 2.75) is 44.4 Å². The van der Waals surface area contributed by atoms with Gasteiger partial charge in [-0.05, 0) is 56.8 Å². The van der Waals surface area contributed by atoms with E-state index in [1.165, 1.54) is 0 Å². The zero-order valence-electron chi connectivity index (χ0n) is 11.5. The Hall–Kier alpha value is -1.09. The number of hydrogen-bond acceptors (Lipinski definition) is 2.